The molecule has 0 bridgehead atoms. The topological polar surface area (TPSA) is 103 Å². The highest BCUT2D eigenvalue weighted by molar-refractivity contribution is 7.22. The Hall–Kier alpha value is -3.79. The van der Waals surface area contributed by atoms with Crippen molar-refractivity contribution < 1.29 is 14.5 Å². The molecule has 0 aliphatic heterocycles. The summed E-state index contributed by atoms with van der Waals surface area (Å²) in [5.41, 5.74) is 0.787. The van der Waals surface area contributed by atoms with Crippen molar-refractivity contribution >= 4 is 38.3 Å². The molecule has 0 radical (unpaired) electrons. The van der Waals surface area contributed by atoms with E-state index in [1.54, 1.807) is 30.6 Å². The summed E-state index contributed by atoms with van der Waals surface area (Å²) in [6, 6.07) is 11.3. The summed E-state index contributed by atoms with van der Waals surface area (Å²) >= 11 is 1.38. The van der Waals surface area contributed by atoms with Crippen LogP contribution in [0.2, 0.25) is 0 Å². The first-order valence-electron chi connectivity index (χ1n) is 9.52. The number of rotatable bonds is 8. The molecule has 2 aromatic carbocycles. The van der Waals surface area contributed by atoms with Gasteiger partial charge in [-0.3, -0.25) is 19.8 Å². The molecule has 0 fully saturated rings. The third-order valence-electron chi connectivity index (χ3n) is 4.73. The van der Waals surface area contributed by atoms with Crippen LogP contribution >= 0.6 is 11.3 Å². The third kappa shape index (κ3) is 4.38. The summed E-state index contributed by atoms with van der Waals surface area (Å²) in [6.07, 6.45) is 5.93. The predicted octanol–water partition coefficient (Wildman–Crippen LogP) is 4.15. The number of amides is 1. The van der Waals surface area contributed by atoms with Crippen LogP contribution < -0.4 is 9.64 Å². The van der Waals surface area contributed by atoms with Crippen molar-refractivity contribution in [2.45, 2.75) is 13.0 Å². The first-order chi connectivity index (χ1) is 15.1. The Morgan fingerprint density at radius 3 is 2.87 bits per heavy atom. The fraction of sp³-hybridized carbons (Fsp3) is 0.190. The molecule has 10 heteroatoms. The van der Waals surface area contributed by atoms with Crippen molar-refractivity contribution in [3.8, 4) is 5.75 Å². The van der Waals surface area contributed by atoms with Crippen LogP contribution in [-0.2, 0) is 6.54 Å². The number of benzene rings is 2. The zero-order valence-corrected chi connectivity index (χ0v) is 17.5. The summed E-state index contributed by atoms with van der Waals surface area (Å²) in [5.74, 6) is 0.286. The molecule has 0 spiro atoms. The van der Waals surface area contributed by atoms with Crippen molar-refractivity contribution in [1.29, 1.82) is 0 Å². The average Bonchev–Trinajstić information content (AvgIpc) is 3.45. The van der Waals surface area contributed by atoms with E-state index in [4.69, 9.17) is 4.74 Å². The number of carbonyl (C=O) groups is 1. The number of para-hydroxylation sites is 1. The number of anilines is 1. The number of ether oxygens (including phenoxy) is 1. The molecule has 2 heterocycles. The zero-order chi connectivity index (χ0) is 21.8. The summed E-state index contributed by atoms with van der Waals surface area (Å²) < 4.78 is 8.21. The number of hydrogen-bond acceptors (Lipinski definition) is 7. The highest BCUT2D eigenvalue weighted by atomic mass is 32.1. The van der Waals surface area contributed by atoms with Gasteiger partial charge in [0.2, 0.25) is 0 Å². The second-order valence-electron chi connectivity index (χ2n) is 6.72. The van der Waals surface area contributed by atoms with E-state index in [2.05, 4.69) is 9.97 Å². The maximum atomic E-state index is 13.4. The van der Waals surface area contributed by atoms with Gasteiger partial charge in [-0.2, -0.15) is 0 Å². The smallest absolute Gasteiger partial charge is 0.270 e. The number of non-ortho nitro benzene ring substituents is 1. The van der Waals surface area contributed by atoms with E-state index in [0.717, 1.165) is 4.70 Å². The van der Waals surface area contributed by atoms with Crippen LogP contribution in [0.25, 0.3) is 10.2 Å². The molecule has 0 unspecified atom stereocenters. The van der Waals surface area contributed by atoms with Crippen molar-refractivity contribution in [3.05, 3.63) is 76.9 Å². The number of imidazole rings is 1. The van der Waals surface area contributed by atoms with Crippen LogP contribution in [-0.4, -0.2) is 39.0 Å². The second kappa shape index (κ2) is 8.92. The van der Waals surface area contributed by atoms with Crippen LogP contribution in [0.1, 0.15) is 16.8 Å². The average molecular weight is 437 g/mol. The molecule has 158 valence electrons. The van der Waals surface area contributed by atoms with Gasteiger partial charge in [-0.25, -0.2) is 9.97 Å². The number of nitro benzene ring substituents is 1. The molecular weight excluding hydrogens is 418 g/mol. The van der Waals surface area contributed by atoms with Crippen molar-refractivity contribution in [3.63, 3.8) is 0 Å². The minimum absolute atomic E-state index is 0.129. The third-order valence-corrected chi connectivity index (χ3v) is 5.77. The Kier molecular flexibility index (Phi) is 5.89. The van der Waals surface area contributed by atoms with Crippen LogP contribution in [0.5, 0.6) is 5.75 Å². The number of nitrogens with zero attached hydrogens (tertiary/aromatic N) is 5. The summed E-state index contributed by atoms with van der Waals surface area (Å²) in [6.45, 7) is 1.06. The number of methoxy groups -OCH3 is 1. The molecule has 2 aromatic heterocycles. The largest absolute Gasteiger partial charge is 0.494 e. The molecule has 0 aliphatic carbocycles. The van der Waals surface area contributed by atoms with Gasteiger partial charge in [-0.05, 0) is 24.6 Å². The van der Waals surface area contributed by atoms with Gasteiger partial charge < -0.3 is 9.30 Å². The van der Waals surface area contributed by atoms with Crippen molar-refractivity contribution in [2.24, 2.45) is 0 Å². The monoisotopic (exact) mass is 437 g/mol. The number of aromatic nitrogens is 3. The minimum Gasteiger partial charge on any atom is -0.494 e. The van der Waals surface area contributed by atoms with Crippen LogP contribution in [0.3, 0.4) is 0 Å². The minimum atomic E-state index is -0.511. The quantitative estimate of drug-likeness (QED) is 0.303. The Balaban J connectivity index is 1.67. The Bertz CT molecular complexity index is 1220. The van der Waals surface area contributed by atoms with Gasteiger partial charge >= 0.3 is 0 Å². The molecule has 9 nitrogen and oxygen atoms in total. The summed E-state index contributed by atoms with van der Waals surface area (Å²) in [4.78, 5) is 34.3. The van der Waals surface area contributed by atoms with Gasteiger partial charge in [0, 0.05) is 43.2 Å². The van der Waals surface area contributed by atoms with E-state index < -0.39 is 4.92 Å². The Morgan fingerprint density at radius 1 is 1.29 bits per heavy atom. The maximum Gasteiger partial charge on any atom is 0.270 e. The molecule has 31 heavy (non-hydrogen) atoms. The van der Waals surface area contributed by atoms with E-state index in [1.165, 1.54) is 29.5 Å². The molecule has 4 rings (SSSR count). The van der Waals surface area contributed by atoms with Gasteiger partial charge in [0.05, 0.1) is 23.1 Å². The highest BCUT2D eigenvalue weighted by Gasteiger charge is 2.23. The molecule has 0 saturated heterocycles. The predicted molar refractivity (Wildman–Crippen MR) is 118 cm³/mol. The van der Waals surface area contributed by atoms with Gasteiger partial charge in [0.15, 0.2) is 5.13 Å². The first kappa shape index (κ1) is 20.5. The van der Waals surface area contributed by atoms with E-state index in [1.807, 2.05) is 29.0 Å². The number of hydrogen-bond donors (Lipinski definition) is 0. The lowest BCUT2D eigenvalue weighted by atomic mass is 10.1. The number of carbonyl (C=O) groups excluding carboxylic acids is 1. The number of aryl methyl sites for hydroxylation is 1. The molecular formula is C21H19N5O4S. The normalized spacial score (nSPS) is 10.9. The van der Waals surface area contributed by atoms with Gasteiger partial charge in [-0.1, -0.05) is 23.5 Å². The highest BCUT2D eigenvalue weighted by Crippen LogP contribution is 2.34. The van der Waals surface area contributed by atoms with E-state index >= 15 is 0 Å². The fourth-order valence-electron chi connectivity index (χ4n) is 3.21. The summed E-state index contributed by atoms with van der Waals surface area (Å²) in [5, 5.41) is 11.7. The van der Waals surface area contributed by atoms with Crippen LogP contribution in [0, 0.1) is 10.1 Å². The van der Waals surface area contributed by atoms with Crippen molar-refractivity contribution in [1.82, 2.24) is 14.5 Å². The molecule has 1 amide bonds. The lowest BCUT2D eigenvalue weighted by Crippen LogP contribution is -2.32. The lowest BCUT2D eigenvalue weighted by Gasteiger charge is -2.20. The number of thiazole rings is 1. The van der Waals surface area contributed by atoms with E-state index in [9.17, 15) is 14.9 Å². The van der Waals surface area contributed by atoms with Gasteiger partial charge in [0.1, 0.15) is 11.3 Å². The zero-order valence-electron chi connectivity index (χ0n) is 16.7. The Labute approximate surface area is 181 Å². The van der Waals surface area contributed by atoms with Gasteiger partial charge in [0.25, 0.3) is 11.6 Å². The van der Waals surface area contributed by atoms with Crippen LogP contribution in [0.4, 0.5) is 10.8 Å². The molecule has 4 aromatic rings. The van der Waals surface area contributed by atoms with Crippen molar-refractivity contribution in [2.75, 3.05) is 18.6 Å². The SMILES string of the molecule is COc1cccc2sc(N(CCCn3ccnc3)C(=O)c3cccc([N+](=O)[O-])c3)nc12. The fourth-order valence-corrected chi connectivity index (χ4v) is 4.22. The molecule has 0 N–H and O–H groups in total. The maximum absolute atomic E-state index is 13.4. The standard InChI is InChI=1S/C21H19N5O4S/c1-30-17-7-3-8-18-19(17)23-21(31-18)25(11-4-10-24-12-9-22-14-24)20(27)15-5-2-6-16(13-15)26(28)29/h2-3,5-9,12-14H,4,10-11H2,1H3. The number of nitro groups is 1. The Morgan fingerprint density at radius 2 is 2.13 bits per heavy atom. The second-order valence-corrected chi connectivity index (χ2v) is 7.73. The number of fused-ring (bicyclic) bond motifs is 1. The first-order valence-corrected chi connectivity index (χ1v) is 10.3. The summed E-state index contributed by atoms with van der Waals surface area (Å²) in [7, 11) is 1.57. The van der Waals surface area contributed by atoms with E-state index in [0.29, 0.717) is 35.9 Å². The lowest BCUT2D eigenvalue weighted by molar-refractivity contribution is -0.384. The van der Waals surface area contributed by atoms with Gasteiger partial charge in [-0.15, -0.1) is 0 Å². The molecule has 0 aliphatic rings. The molecule has 0 saturated carbocycles. The van der Waals surface area contributed by atoms with Crippen LogP contribution in [0.15, 0.2) is 61.2 Å². The van der Waals surface area contributed by atoms with E-state index in [-0.39, 0.29) is 17.2 Å². The molecule has 0 atom stereocenters.